The number of carbonyl (C=O) groups is 1. The number of rotatable bonds is 6. The zero-order valence-electron chi connectivity index (χ0n) is 15.2. The maximum Gasteiger partial charge on any atom is 0.358 e. The Kier molecular flexibility index (Phi) is 5.30. The van der Waals surface area contributed by atoms with Crippen molar-refractivity contribution in [1.29, 1.82) is 0 Å². The molecule has 0 radical (unpaired) electrons. The third-order valence-electron chi connectivity index (χ3n) is 3.95. The molecule has 0 bridgehead atoms. The molecule has 2 aromatic carbocycles. The Hall–Kier alpha value is -3.59. The largest absolute Gasteiger partial charge is 0.497 e. The second-order valence-electron chi connectivity index (χ2n) is 5.86. The van der Waals surface area contributed by atoms with E-state index in [2.05, 4.69) is 15.1 Å². The van der Waals surface area contributed by atoms with Crippen molar-refractivity contribution in [2.45, 2.75) is 6.61 Å². The number of thiazole rings is 1. The van der Waals surface area contributed by atoms with Crippen molar-refractivity contribution in [3.8, 4) is 27.7 Å². The van der Waals surface area contributed by atoms with Gasteiger partial charge in [-0.05, 0) is 48.5 Å². The van der Waals surface area contributed by atoms with E-state index in [9.17, 15) is 9.18 Å². The Morgan fingerprint density at radius 3 is 2.52 bits per heavy atom. The fourth-order valence-electron chi connectivity index (χ4n) is 2.46. The molecule has 0 atom stereocenters. The molecule has 2 aromatic heterocycles. The molecule has 0 unspecified atom stereocenters. The van der Waals surface area contributed by atoms with E-state index in [0.29, 0.717) is 10.6 Å². The predicted molar refractivity (Wildman–Crippen MR) is 103 cm³/mol. The van der Waals surface area contributed by atoms with Gasteiger partial charge < -0.3 is 14.0 Å². The van der Waals surface area contributed by atoms with E-state index >= 15 is 0 Å². The summed E-state index contributed by atoms with van der Waals surface area (Å²) in [4.78, 5) is 20.7. The maximum atomic E-state index is 13.0. The van der Waals surface area contributed by atoms with Crippen molar-refractivity contribution >= 4 is 17.3 Å². The van der Waals surface area contributed by atoms with Crippen LogP contribution in [0.4, 0.5) is 4.39 Å². The molecule has 9 heteroatoms. The standard InChI is InChI=1S/C20H14FN3O4S/c1-26-15-8-4-13(5-9-15)19-22-16(11-29-19)20(25)27-10-17-23-18(24-28-17)12-2-6-14(21)7-3-12/h2-9,11H,10H2,1H3. The van der Waals surface area contributed by atoms with Crippen LogP contribution in [0.2, 0.25) is 0 Å². The van der Waals surface area contributed by atoms with Gasteiger partial charge in [0.15, 0.2) is 12.3 Å². The predicted octanol–water partition coefficient (Wildman–Crippen LogP) is 4.36. The van der Waals surface area contributed by atoms with Gasteiger partial charge in [0.25, 0.3) is 5.89 Å². The smallest absolute Gasteiger partial charge is 0.358 e. The van der Waals surface area contributed by atoms with Gasteiger partial charge in [0.2, 0.25) is 5.82 Å². The van der Waals surface area contributed by atoms with Gasteiger partial charge in [-0.2, -0.15) is 4.98 Å². The molecule has 146 valence electrons. The molecular formula is C20H14FN3O4S. The number of esters is 1. The van der Waals surface area contributed by atoms with Crippen molar-refractivity contribution in [3.63, 3.8) is 0 Å². The van der Waals surface area contributed by atoms with Gasteiger partial charge in [0, 0.05) is 16.5 Å². The molecule has 0 aliphatic rings. The highest BCUT2D eigenvalue weighted by Gasteiger charge is 2.16. The lowest BCUT2D eigenvalue weighted by Crippen LogP contribution is -2.05. The van der Waals surface area contributed by atoms with E-state index in [1.165, 1.54) is 35.6 Å². The molecule has 0 N–H and O–H groups in total. The number of aromatic nitrogens is 3. The Bertz CT molecular complexity index is 1120. The first-order valence-electron chi connectivity index (χ1n) is 8.48. The zero-order valence-corrected chi connectivity index (χ0v) is 16.0. The lowest BCUT2D eigenvalue weighted by molar-refractivity contribution is 0.0424. The molecule has 0 saturated carbocycles. The summed E-state index contributed by atoms with van der Waals surface area (Å²) in [5.74, 6) is 0.200. The first kappa shape index (κ1) is 18.8. The maximum absolute atomic E-state index is 13.0. The van der Waals surface area contributed by atoms with Crippen LogP contribution in [0.1, 0.15) is 16.4 Å². The lowest BCUT2D eigenvalue weighted by Gasteiger charge is -2.00. The SMILES string of the molecule is COc1ccc(-c2nc(C(=O)OCc3nc(-c4ccc(F)cc4)no3)cs2)cc1. The van der Waals surface area contributed by atoms with E-state index < -0.39 is 5.97 Å². The number of methoxy groups -OCH3 is 1. The topological polar surface area (TPSA) is 87.3 Å². The van der Waals surface area contributed by atoms with Gasteiger partial charge in [0.1, 0.15) is 16.6 Å². The Balaban J connectivity index is 1.39. The number of nitrogens with zero attached hydrogens (tertiary/aromatic N) is 3. The molecule has 4 rings (SSSR count). The van der Waals surface area contributed by atoms with Crippen LogP contribution >= 0.6 is 11.3 Å². The van der Waals surface area contributed by atoms with Crippen molar-refractivity contribution in [2.24, 2.45) is 0 Å². The minimum atomic E-state index is -0.595. The normalized spacial score (nSPS) is 10.7. The Morgan fingerprint density at radius 2 is 1.79 bits per heavy atom. The average Bonchev–Trinajstić information content (AvgIpc) is 3.43. The van der Waals surface area contributed by atoms with Crippen LogP contribution in [0, 0.1) is 5.82 Å². The summed E-state index contributed by atoms with van der Waals surface area (Å²) < 4.78 is 28.4. The molecule has 2 heterocycles. The van der Waals surface area contributed by atoms with Crippen molar-refractivity contribution in [3.05, 3.63) is 71.3 Å². The van der Waals surface area contributed by atoms with E-state index in [4.69, 9.17) is 14.0 Å². The monoisotopic (exact) mass is 411 g/mol. The van der Waals surface area contributed by atoms with Gasteiger partial charge in [-0.1, -0.05) is 5.16 Å². The molecule has 0 amide bonds. The van der Waals surface area contributed by atoms with E-state index in [1.807, 2.05) is 24.3 Å². The van der Waals surface area contributed by atoms with Crippen LogP contribution in [0.3, 0.4) is 0 Å². The van der Waals surface area contributed by atoms with Crippen LogP contribution in [0.15, 0.2) is 58.4 Å². The third-order valence-corrected chi connectivity index (χ3v) is 4.84. The van der Waals surface area contributed by atoms with Gasteiger partial charge in [-0.15, -0.1) is 11.3 Å². The van der Waals surface area contributed by atoms with Gasteiger partial charge in [-0.3, -0.25) is 0 Å². The number of ether oxygens (including phenoxy) is 2. The Morgan fingerprint density at radius 1 is 1.07 bits per heavy atom. The van der Waals surface area contributed by atoms with Crippen LogP contribution in [-0.4, -0.2) is 28.2 Å². The highest BCUT2D eigenvalue weighted by Crippen LogP contribution is 2.26. The summed E-state index contributed by atoms with van der Waals surface area (Å²) in [7, 11) is 1.60. The summed E-state index contributed by atoms with van der Waals surface area (Å²) in [6.07, 6.45) is 0. The molecule has 0 aliphatic heterocycles. The van der Waals surface area contributed by atoms with Crippen LogP contribution in [0.5, 0.6) is 5.75 Å². The molecule has 0 aliphatic carbocycles. The number of benzene rings is 2. The third kappa shape index (κ3) is 4.30. The van der Waals surface area contributed by atoms with Gasteiger partial charge in [-0.25, -0.2) is 14.2 Å². The lowest BCUT2D eigenvalue weighted by atomic mass is 10.2. The molecule has 29 heavy (non-hydrogen) atoms. The fraction of sp³-hybridized carbons (Fsp3) is 0.100. The molecular weight excluding hydrogens is 397 g/mol. The summed E-state index contributed by atoms with van der Waals surface area (Å²) in [6, 6.07) is 13.0. The second-order valence-corrected chi connectivity index (χ2v) is 6.72. The number of halogens is 1. The molecule has 0 spiro atoms. The molecule has 7 nitrogen and oxygen atoms in total. The number of carbonyl (C=O) groups excluding carboxylic acids is 1. The zero-order chi connectivity index (χ0) is 20.2. The van der Waals surface area contributed by atoms with Gasteiger partial charge >= 0.3 is 5.97 Å². The van der Waals surface area contributed by atoms with Crippen molar-refractivity contribution in [2.75, 3.05) is 7.11 Å². The van der Waals surface area contributed by atoms with E-state index in [-0.39, 0.29) is 29.8 Å². The Labute approximate surface area is 168 Å². The molecule has 4 aromatic rings. The highest BCUT2D eigenvalue weighted by molar-refractivity contribution is 7.13. The van der Waals surface area contributed by atoms with E-state index in [1.54, 1.807) is 12.5 Å². The quantitative estimate of drug-likeness (QED) is 0.436. The summed E-state index contributed by atoms with van der Waals surface area (Å²) in [5.41, 5.74) is 1.66. The van der Waals surface area contributed by atoms with Crippen LogP contribution in [0.25, 0.3) is 22.0 Å². The van der Waals surface area contributed by atoms with E-state index in [0.717, 1.165) is 11.3 Å². The minimum Gasteiger partial charge on any atom is -0.497 e. The summed E-state index contributed by atoms with van der Waals surface area (Å²) >= 11 is 1.33. The van der Waals surface area contributed by atoms with Crippen molar-refractivity contribution < 1.29 is 23.2 Å². The minimum absolute atomic E-state index is 0.128. The van der Waals surface area contributed by atoms with Crippen LogP contribution in [-0.2, 0) is 11.3 Å². The molecule has 0 saturated heterocycles. The second kappa shape index (κ2) is 8.19. The summed E-state index contributed by atoms with van der Waals surface area (Å²) in [5, 5.41) is 6.12. The molecule has 0 fully saturated rings. The van der Waals surface area contributed by atoms with Crippen LogP contribution < -0.4 is 4.74 Å². The summed E-state index contributed by atoms with van der Waals surface area (Å²) in [6.45, 7) is -0.192. The highest BCUT2D eigenvalue weighted by atomic mass is 32.1. The number of hydrogen-bond donors (Lipinski definition) is 0. The van der Waals surface area contributed by atoms with Gasteiger partial charge in [0.05, 0.1) is 7.11 Å². The van der Waals surface area contributed by atoms with Crippen molar-refractivity contribution in [1.82, 2.24) is 15.1 Å². The fourth-order valence-corrected chi connectivity index (χ4v) is 3.26. The first-order valence-corrected chi connectivity index (χ1v) is 9.36. The average molecular weight is 411 g/mol. The first-order chi connectivity index (χ1) is 14.1. The number of hydrogen-bond acceptors (Lipinski definition) is 8.